The summed E-state index contributed by atoms with van der Waals surface area (Å²) in [6.07, 6.45) is 5.42. The fraction of sp³-hybridized carbons (Fsp3) is 0.200. The minimum Gasteiger partial charge on any atom is -0.497 e. The van der Waals surface area contributed by atoms with Gasteiger partial charge in [-0.25, -0.2) is 4.98 Å². The molecule has 8 heteroatoms. The summed E-state index contributed by atoms with van der Waals surface area (Å²) in [5, 5.41) is 11.6. The molecule has 1 atom stereocenters. The zero-order valence-corrected chi connectivity index (χ0v) is 15.6. The van der Waals surface area contributed by atoms with E-state index >= 15 is 0 Å². The first-order chi connectivity index (χ1) is 13.7. The summed E-state index contributed by atoms with van der Waals surface area (Å²) in [6, 6.07) is 13.4. The fourth-order valence-corrected chi connectivity index (χ4v) is 2.79. The quantitative estimate of drug-likeness (QED) is 0.528. The van der Waals surface area contributed by atoms with E-state index in [1.807, 2.05) is 53.3 Å². The molecule has 3 heterocycles. The number of pyridine rings is 1. The highest BCUT2D eigenvalue weighted by atomic mass is 16.5. The van der Waals surface area contributed by atoms with Crippen LogP contribution in [0.3, 0.4) is 0 Å². The van der Waals surface area contributed by atoms with Crippen LogP contribution in [0, 0.1) is 0 Å². The van der Waals surface area contributed by atoms with Crippen LogP contribution in [0.4, 0.5) is 5.82 Å². The van der Waals surface area contributed by atoms with Gasteiger partial charge < -0.3 is 14.6 Å². The highest BCUT2D eigenvalue weighted by Gasteiger charge is 2.12. The van der Waals surface area contributed by atoms with Crippen molar-refractivity contribution in [3.63, 3.8) is 0 Å². The SMILES string of the molecule is COc1ccc(-c2noc(-c3ccc(N[C@H](C)Cn4cccn4)nc3)n2)cc1. The van der Waals surface area contributed by atoms with Gasteiger partial charge in [0.2, 0.25) is 5.82 Å². The third-order valence-electron chi connectivity index (χ3n) is 4.20. The first kappa shape index (κ1) is 17.7. The van der Waals surface area contributed by atoms with Gasteiger partial charge in [-0.15, -0.1) is 0 Å². The number of aromatic nitrogens is 5. The second-order valence-corrected chi connectivity index (χ2v) is 6.36. The maximum atomic E-state index is 5.39. The lowest BCUT2D eigenvalue weighted by molar-refractivity contribution is 0.415. The number of nitrogens with one attached hydrogen (secondary N) is 1. The van der Waals surface area contributed by atoms with E-state index < -0.39 is 0 Å². The van der Waals surface area contributed by atoms with Crippen LogP contribution in [0.15, 0.2) is 65.6 Å². The normalized spacial score (nSPS) is 11.9. The minimum absolute atomic E-state index is 0.184. The molecular formula is C20H20N6O2. The molecule has 0 saturated heterocycles. The van der Waals surface area contributed by atoms with E-state index in [0.29, 0.717) is 11.7 Å². The Morgan fingerprint density at radius 3 is 2.64 bits per heavy atom. The zero-order chi connectivity index (χ0) is 19.3. The number of ether oxygens (including phenoxy) is 1. The maximum Gasteiger partial charge on any atom is 0.259 e. The molecule has 0 aliphatic heterocycles. The van der Waals surface area contributed by atoms with Gasteiger partial charge in [-0.1, -0.05) is 5.16 Å². The van der Waals surface area contributed by atoms with Gasteiger partial charge in [-0.3, -0.25) is 4.68 Å². The molecule has 0 aliphatic carbocycles. The van der Waals surface area contributed by atoms with E-state index in [2.05, 4.69) is 32.5 Å². The van der Waals surface area contributed by atoms with E-state index in [4.69, 9.17) is 9.26 Å². The van der Waals surface area contributed by atoms with Crippen molar-refractivity contribution in [3.05, 3.63) is 61.1 Å². The summed E-state index contributed by atoms with van der Waals surface area (Å²) in [6.45, 7) is 2.84. The largest absolute Gasteiger partial charge is 0.497 e. The van der Waals surface area contributed by atoms with Crippen LogP contribution in [-0.2, 0) is 6.54 Å². The predicted octanol–water partition coefficient (Wildman–Crippen LogP) is 3.50. The van der Waals surface area contributed by atoms with Crippen LogP contribution < -0.4 is 10.1 Å². The number of hydrogen-bond acceptors (Lipinski definition) is 7. The summed E-state index contributed by atoms with van der Waals surface area (Å²) >= 11 is 0. The Kier molecular flexibility index (Phi) is 5.01. The van der Waals surface area contributed by atoms with Gasteiger partial charge in [-0.2, -0.15) is 10.1 Å². The van der Waals surface area contributed by atoms with Crippen LogP contribution in [-0.4, -0.2) is 38.1 Å². The molecule has 0 bridgehead atoms. The van der Waals surface area contributed by atoms with Gasteiger partial charge >= 0.3 is 0 Å². The van der Waals surface area contributed by atoms with E-state index in [0.717, 1.165) is 29.2 Å². The Hall–Kier alpha value is -3.68. The average Bonchev–Trinajstić information content (AvgIpc) is 3.41. The second kappa shape index (κ2) is 7.91. The van der Waals surface area contributed by atoms with Gasteiger partial charge in [-0.05, 0) is 49.4 Å². The maximum absolute atomic E-state index is 5.39. The van der Waals surface area contributed by atoms with Gasteiger partial charge in [0.25, 0.3) is 5.89 Å². The zero-order valence-electron chi connectivity index (χ0n) is 15.6. The molecule has 4 aromatic rings. The van der Waals surface area contributed by atoms with Crippen LogP contribution in [0.2, 0.25) is 0 Å². The lowest BCUT2D eigenvalue weighted by Gasteiger charge is -2.14. The monoisotopic (exact) mass is 376 g/mol. The van der Waals surface area contributed by atoms with Gasteiger partial charge in [0.15, 0.2) is 0 Å². The smallest absolute Gasteiger partial charge is 0.259 e. The van der Waals surface area contributed by atoms with Crippen molar-refractivity contribution in [1.29, 1.82) is 0 Å². The van der Waals surface area contributed by atoms with E-state index in [1.165, 1.54) is 0 Å². The molecule has 4 rings (SSSR count). The molecule has 1 N–H and O–H groups in total. The lowest BCUT2D eigenvalue weighted by Crippen LogP contribution is -2.22. The molecule has 0 amide bonds. The summed E-state index contributed by atoms with van der Waals surface area (Å²) in [4.78, 5) is 8.90. The molecule has 1 aromatic carbocycles. The molecule has 0 spiro atoms. The van der Waals surface area contributed by atoms with Crippen molar-refractivity contribution in [2.75, 3.05) is 12.4 Å². The average molecular weight is 376 g/mol. The summed E-state index contributed by atoms with van der Waals surface area (Å²) in [5.41, 5.74) is 1.62. The highest BCUT2D eigenvalue weighted by molar-refractivity contribution is 5.60. The first-order valence-electron chi connectivity index (χ1n) is 8.90. The number of anilines is 1. The minimum atomic E-state index is 0.184. The third kappa shape index (κ3) is 4.01. The molecule has 0 saturated carbocycles. The molecule has 0 unspecified atom stereocenters. The Morgan fingerprint density at radius 2 is 1.96 bits per heavy atom. The molecule has 8 nitrogen and oxygen atoms in total. The summed E-state index contributed by atoms with van der Waals surface area (Å²) in [5.74, 6) is 2.50. The van der Waals surface area contributed by atoms with Crippen LogP contribution in [0.1, 0.15) is 6.92 Å². The van der Waals surface area contributed by atoms with E-state index in [9.17, 15) is 0 Å². The van der Waals surface area contributed by atoms with Gasteiger partial charge in [0.1, 0.15) is 11.6 Å². The molecule has 0 fully saturated rings. The Bertz CT molecular complexity index is 1010. The standard InChI is InChI=1S/C20H20N6O2/c1-14(13-26-11-3-10-22-26)23-18-9-6-16(12-21-18)20-24-19(25-28-20)15-4-7-17(27-2)8-5-15/h3-12,14H,13H2,1-2H3,(H,21,23)/t14-/m1/s1. The van der Waals surface area contributed by atoms with Crippen LogP contribution >= 0.6 is 0 Å². The second-order valence-electron chi connectivity index (χ2n) is 6.36. The van der Waals surface area contributed by atoms with Crippen molar-refractivity contribution in [2.24, 2.45) is 0 Å². The molecule has 142 valence electrons. The first-order valence-corrected chi connectivity index (χ1v) is 8.90. The van der Waals surface area contributed by atoms with Crippen molar-refractivity contribution in [3.8, 4) is 28.6 Å². The van der Waals surface area contributed by atoms with Crippen molar-refractivity contribution in [2.45, 2.75) is 19.5 Å². The van der Waals surface area contributed by atoms with Crippen LogP contribution in [0.5, 0.6) is 5.75 Å². The van der Waals surface area contributed by atoms with Crippen molar-refractivity contribution >= 4 is 5.82 Å². The van der Waals surface area contributed by atoms with Crippen molar-refractivity contribution < 1.29 is 9.26 Å². The van der Waals surface area contributed by atoms with E-state index in [-0.39, 0.29) is 6.04 Å². The lowest BCUT2D eigenvalue weighted by atomic mass is 10.2. The number of nitrogens with zero attached hydrogens (tertiary/aromatic N) is 5. The molecule has 0 radical (unpaired) electrons. The highest BCUT2D eigenvalue weighted by Crippen LogP contribution is 2.24. The molecular weight excluding hydrogens is 356 g/mol. The van der Waals surface area contributed by atoms with Gasteiger partial charge in [0.05, 0.1) is 19.2 Å². The van der Waals surface area contributed by atoms with Crippen LogP contribution in [0.25, 0.3) is 22.8 Å². The number of hydrogen-bond donors (Lipinski definition) is 1. The summed E-state index contributed by atoms with van der Waals surface area (Å²) in [7, 11) is 1.63. The molecule has 28 heavy (non-hydrogen) atoms. The summed E-state index contributed by atoms with van der Waals surface area (Å²) < 4.78 is 12.4. The predicted molar refractivity (Wildman–Crippen MR) is 105 cm³/mol. The number of rotatable bonds is 7. The Morgan fingerprint density at radius 1 is 1.14 bits per heavy atom. The van der Waals surface area contributed by atoms with Crippen molar-refractivity contribution in [1.82, 2.24) is 24.9 Å². The Balaban J connectivity index is 1.43. The van der Waals surface area contributed by atoms with Gasteiger partial charge in [0, 0.05) is 30.2 Å². The topological polar surface area (TPSA) is 90.9 Å². The molecule has 3 aromatic heterocycles. The Labute approximate surface area is 162 Å². The van der Waals surface area contributed by atoms with E-state index in [1.54, 1.807) is 19.5 Å². The number of benzene rings is 1. The molecule has 0 aliphatic rings. The number of methoxy groups -OCH3 is 1. The third-order valence-corrected chi connectivity index (χ3v) is 4.20. The fourth-order valence-electron chi connectivity index (χ4n) is 2.79.